The molecule has 0 aromatic carbocycles. The number of Topliss-reactive ketones (excluding diaryl/α,β-unsaturated/α-hetero) is 1. The molecular weight excluding hydrogens is 467 g/mol. The van der Waals surface area contributed by atoms with E-state index in [4.69, 9.17) is 10.2 Å². The summed E-state index contributed by atoms with van der Waals surface area (Å²) in [6.45, 7) is 3.34. The fourth-order valence-electron chi connectivity index (χ4n) is 7.13. The van der Waals surface area contributed by atoms with E-state index in [1.54, 1.807) is 12.2 Å². The van der Waals surface area contributed by atoms with Crippen LogP contribution in [0.2, 0.25) is 0 Å². The Morgan fingerprint density at radius 1 is 1.09 bits per heavy atom. The number of carbonyl (C=O) groups is 4. The van der Waals surface area contributed by atoms with E-state index in [0.29, 0.717) is 12.8 Å². The zero-order chi connectivity index (χ0) is 25.5. The van der Waals surface area contributed by atoms with Crippen LogP contribution in [0.15, 0.2) is 23.8 Å². The van der Waals surface area contributed by atoms with Crippen molar-refractivity contribution in [2.24, 2.45) is 28.6 Å². The summed E-state index contributed by atoms with van der Waals surface area (Å²) in [6.07, 6.45) is 7.09. The van der Waals surface area contributed by atoms with Gasteiger partial charge < -0.3 is 25.5 Å². The van der Waals surface area contributed by atoms with Crippen LogP contribution in [0.4, 0.5) is 0 Å². The van der Waals surface area contributed by atoms with Gasteiger partial charge in [-0.1, -0.05) is 25.5 Å². The van der Waals surface area contributed by atoms with Gasteiger partial charge in [-0.3, -0.25) is 19.2 Å². The Bertz CT molecular complexity index is 929. The van der Waals surface area contributed by atoms with E-state index in [-0.39, 0.29) is 71.4 Å². The summed E-state index contributed by atoms with van der Waals surface area (Å²) in [5.41, 5.74) is -1.54. The molecule has 0 aromatic rings. The summed E-state index contributed by atoms with van der Waals surface area (Å²) >= 11 is 0. The molecule has 35 heavy (non-hydrogen) atoms. The average Bonchev–Trinajstić information content (AvgIpc) is 3.03. The standard InChI is InChI=1S/C21H28O5.C4H6O4.Na.H/c1-19-7-5-13(23)9-12(19)3-4-14-15-6-8-21(26,17(25)11-22)20(15,2)10-16(24)18(14)19;5-3(6)1-2-4(7)8;;/h5,7,9,14-16,18,22,24,26H,3-4,6,8,10-11H2,1-2H3;1-2H2,(H,5,6)(H,7,8);;/t14-,15-,16-,18+,19-,20-,21-;;;/m0.../s1. The molecule has 0 amide bonds. The molecule has 4 aliphatic carbocycles. The van der Waals surface area contributed by atoms with Gasteiger partial charge in [-0.15, -0.1) is 0 Å². The van der Waals surface area contributed by atoms with Crippen LogP contribution in [-0.4, -0.2) is 96.9 Å². The van der Waals surface area contributed by atoms with Crippen LogP contribution in [0.5, 0.6) is 0 Å². The summed E-state index contributed by atoms with van der Waals surface area (Å²) in [6, 6.07) is 0. The van der Waals surface area contributed by atoms with Gasteiger partial charge in [-0.2, -0.15) is 0 Å². The van der Waals surface area contributed by atoms with Crippen molar-refractivity contribution in [3.8, 4) is 0 Å². The first kappa shape index (κ1) is 29.9. The third-order valence-corrected chi connectivity index (χ3v) is 8.81. The molecule has 4 aliphatic rings. The third kappa shape index (κ3) is 5.22. The number of rotatable bonds is 5. The summed E-state index contributed by atoms with van der Waals surface area (Å²) in [5.74, 6) is -2.38. The summed E-state index contributed by atoms with van der Waals surface area (Å²) < 4.78 is 0. The second-order valence-corrected chi connectivity index (χ2v) is 10.5. The number of fused-ring (bicyclic) bond motifs is 5. The molecule has 9 nitrogen and oxygen atoms in total. The Kier molecular flexibility index (Phi) is 9.34. The minimum absolute atomic E-state index is 0. The van der Waals surface area contributed by atoms with Crippen molar-refractivity contribution in [2.75, 3.05) is 6.61 Å². The molecule has 0 aromatic heterocycles. The van der Waals surface area contributed by atoms with Crippen LogP contribution in [0.3, 0.4) is 0 Å². The zero-order valence-corrected chi connectivity index (χ0v) is 19.6. The van der Waals surface area contributed by atoms with Gasteiger partial charge in [0.2, 0.25) is 0 Å². The van der Waals surface area contributed by atoms with Gasteiger partial charge in [0, 0.05) is 16.7 Å². The maximum atomic E-state index is 12.4. The molecule has 4 rings (SSSR count). The fraction of sp³-hybridized carbons (Fsp3) is 0.680. The molecule has 0 aliphatic heterocycles. The van der Waals surface area contributed by atoms with E-state index in [1.165, 1.54) is 0 Å². The van der Waals surface area contributed by atoms with Crippen molar-refractivity contribution in [1.29, 1.82) is 0 Å². The molecule has 190 valence electrons. The Morgan fingerprint density at radius 2 is 1.69 bits per heavy atom. The molecule has 0 unspecified atom stereocenters. The number of aliphatic hydroxyl groups is 3. The molecule has 0 heterocycles. The van der Waals surface area contributed by atoms with Gasteiger partial charge in [0.1, 0.15) is 12.2 Å². The number of hydrogen-bond donors (Lipinski definition) is 5. The van der Waals surface area contributed by atoms with E-state index in [9.17, 15) is 34.5 Å². The quantitative estimate of drug-likeness (QED) is 0.342. The third-order valence-electron chi connectivity index (χ3n) is 8.81. The van der Waals surface area contributed by atoms with Gasteiger partial charge in [0.15, 0.2) is 11.6 Å². The van der Waals surface area contributed by atoms with Crippen molar-refractivity contribution < 1.29 is 44.7 Å². The number of allylic oxidation sites excluding steroid dienone is 4. The van der Waals surface area contributed by atoms with Gasteiger partial charge in [0.25, 0.3) is 0 Å². The molecule has 0 bridgehead atoms. The second kappa shape index (κ2) is 10.9. The van der Waals surface area contributed by atoms with Gasteiger partial charge in [0.05, 0.1) is 18.9 Å². The second-order valence-electron chi connectivity index (χ2n) is 10.5. The predicted octanol–water partition coefficient (Wildman–Crippen LogP) is 0.845. The SMILES string of the molecule is C[C@]12C=CC(=O)C=C1CC[C@@H]1[C@@H]2[C@@H](O)C[C@@]2(C)[C@H]1CC[C@]2(O)C(=O)CO.O=C(O)CCC(=O)O.[NaH]. The van der Waals surface area contributed by atoms with Crippen LogP contribution >= 0.6 is 0 Å². The first-order chi connectivity index (χ1) is 15.8. The minimum atomic E-state index is -1.56. The van der Waals surface area contributed by atoms with Crippen molar-refractivity contribution in [1.82, 2.24) is 0 Å². The van der Waals surface area contributed by atoms with E-state index >= 15 is 0 Å². The van der Waals surface area contributed by atoms with Crippen molar-refractivity contribution in [2.45, 2.75) is 70.5 Å². The Balaban J connectivity index is 0.000000418. The molecule has 3 saturated carbocycles. The molecule has 3 fully saturated rings. The predicted molar refractivity (Wildman–Crippen MR) is 127 cm³/mol. The molecule has 10 heteroatoms. The van der Waals surface area contributed by atoms with Crippen molar-refractivity contribution >= 4 is 53.1 Å². The van der Waals surface area contributed by atoms with Crippen LogP contribution in [0, 0.1) is 28.6 Å². The number of carbonyl (C=O) groups excluding carboxylic acids is 2. The maximum absolute atomic E-state index is 12.4. The molecule has 7 atom stereocenters. The fourth-order valence-corrected chi connectivity index (χ4v) is 7.13. The molecular formula is C25H35NaO9. The van der Waals surface area contributed by atoms with Crippen LogP contribution in [0.25, 0.3) is 0 Å². The molecule has 0 spiro atoms. The first-order valence-corrected chi connectivity index (χ1v) is 11.7. The van der Waals surface area contributed by atoms with Crippen LogP contribution in [0.1, 0.15) is 58.8 Å². The Morgan fingerprint density at radius 3 is 2.23 bits per heavy atom. The van der Waals surface area contributed by atoms with Crippen molar-refractivity contribution in [3.05, 3.63) is 23.8 Å². The van der Waals surface area contributed by atoms with Crippen LogP contribution < -0.4 is 0 Å². The number of hydrogen-bond acceptors (Lipinski definition) is 7. The van der Waals surface area contributed by atoms with E-state index in [2.05, 4.69) is 6.92 Å². The molecule has 5 N–H and O–H groups in total. The molecule has 0 radical (unpaired) electrons. The Labute approximate surface area is 226 Å². The number of aliphatic hydroxyl groups excluding tert-OH is 2. The summed E-state index contributed by atoms with van der Waals surface area (Å²) in [4.78, 5) is 43.4. The topological polar surface area (TPSA) is 169 Å². The van der Waals surface area contributed by atoms with Gasteiger partial charge >= 0.3 is 41.5 Å². The number of carboxylic acid groups (broad SMARTS) is 2. The van der Waals surface area contributed by atoms with Gasteiger partial charge in [-0.05, 0) is 56.1 Å². The van der Waals surface area contributed by atoms with E-state index in [0.717, 1.165) is 24.8 Å². The van der Waals surface area contributed by atoms with E-state index in [1.807, 2.05) is 13.0 Å². The summed E-state index contributed by atoms with van der Waals surface area (Å²) in [7, 11) is 0. The van der Waals surface area contributed by atoms with Gasteiger partial charge in [-0.25, -0.2) is 0 Å². The number of aliphatic carboxylic acids is 2. The van der Waals surface area contributed by atoms with Crippen molar-refractivity contribution in [3.63, 3.8) is 0 Å². The summed E-state index contributed by atoms with van der Waals surface area (Å²) in [5, 5.41) is 47.5. The average molecular weight is 503 g/mol. The number of ketones is 2. The normalized spacial score (nSPS) is 39.0. The zero-order valence-electron chi connectivity index (χ0n) is 19.6. The monoisotopic (exact) mass is 502 g/mol. The molecule has 0 saturated heterocycles. The first-order valence-electron chi connectivity index (χ1n) is 11.7. The van der Waals surface area contributed by atoms with Crippen LogP contribution in [-0.2, 0) is 19.2 Å². The van der Waals surface area contributed by atoms with E-state index < -0.39 is 41.4 Å². The number of carboxylic acids is 2. The Hall–Kier alpha value is -1.36.